The Kier molecular flexibility index (Phi) is 4.24. The lowest BCUT2D eigenvalue weighted by atomic mass is 10.2. The molecule has 1 fully saturated rings. The summed E-state index contributed by atoms with van der Waals surface area (Å²) >= 11 is 0. The summed E-state index contributed by atoms with van der Waals surface area (Å²) in [6.45, 7) is 6.72. The van der Waals surface area contributed by atoms with E-state index in [-0.39, 0.29) is 10.6 Å². The Labute approximate surface area is 113 Å². The van der Waals surface area contributed by atoms with Gasteiger partial charge in [-0.15, -0.1) is 0 Å². The van der Waals surface area contributed by atoms with Gasteiger partial charge in [-0.3, -0.25) is 10.1 Å². The van der Waals surface area contributed by atoms with E-state index in [2.05, 4.69) is 17.1 Å². The molecular weight excluding hydrogens is 242 g/mol. The smallest absolute Gasteiger partial charge is 0.273 e. The van der Waals surface area contributed by atoms with Crippen LogP contribution in [-0.4, -0.2) is 24.6 Å². The molecular formula is C14H21N3O2. The molecule has 19 heavy (non-hydrogen) atoms. The molecule has 0 heterocycles. The Morgan fingerprint density at radius 1 is 1.37 bits per heavy atom. The van der Waals surface area contributed by atoms with Gasteiger partial charge in [-0.2, -0.15) is 0 Å². The largest absolute Gasteiger partial charge is 0.385 e. The van der Waals surface area contributed by atoms with Gasteiger partial charge in [0.05, 0.1) is 4.92 Å². The second-order valence-electron chi connectivity index (χ2n) is 5.01. The molecule has 0 aliphatic heterocycles. The number of nitro groups is 1. The number of rotatable bonds is 7. The molecule has 1 aliphatic carbocycles. The Hall–Kier alpha value is -1.78. The highest BCUT2D eigenvalue weighted by atomic mass is 16.6. The molecule has 0 bridgehead atoms. The fraction of sp³-hybridized carbons (Fsp3) is 0.571. The van der Waals surface area contributed by atoms with E-state index in [4.69, 9.17) is 0 Å². The molecule has 0 atom stereocenters. The molecule has 1 aromatic rings. The minimum absolute atomic E-state index is 0.155. The average Bonchev–Trinajstić information content (AvgIpc) is 3.19. The lowest BCUT2D eigenvalue weighted by Gasteiger charge is -2.23. The fourth-order valence-electron chi connectivity index (χ4n) is 2.22. The van der Waals surface area contributed by atoms with Gasteiger partial charge in [0.2, 0.25) is 0 Å². The first-order valence-corrected chi connectivity index (χ1v) is 6.92. The summed E-state index contributed by atoms with van der Waals surface area (Å²) in [5.41, 5.74) is 1.92. The van der Waals surface area contributed by atoms with Gasteiger partial charge in [0, 0.05) is 43.1 Å². The van der Waals surface area contributed by atoms with Crippen molar-refractivity contribution >= 4 is 17.1 Å². The van der Waals surface area contributed by atoms with Crippen LogP contribution >= 0.6 is 0 Å². The highest BCUT2D eigenvalue weighted by Gasteiger charge is 2.24. The summed E-state index contributed by atoms with van der Waals surface area (Å²) < 4.78 is 0. The van der Waals surface area contributed by atoms with Crippen molar-refractivity contribution in [1.29, 1.82) is 0 Å². The van der Waals surface area contributed by atoms with Crippen LogP contribution in [0.5, 0.6) is 0 Å². The van der Waals surface area contributed by atoms with Gasteiger partial charge in [-0.1, -0.05) is 0 Å². The molecule has 0 unspecified atom stereocenters. The Balaban J connectivity index is 2.27. The van der Waals surface area contributed by atoms with Crippen molar-refractivity contribution in [1.82, 2.24) is 0 Å². The third-order valence-electron chi connectivity index (χ3n) is 3.42. The van der Waals surface area contributed by atoms with Crippen LogP contribution in [0.25, 0.3) is 0 Å². The van der Waals surface area contributed by atoms with Gasteiger partial charge in [-0.25, -0.2) is 0 Å². The normalized spacial score (nSPS) is 14.2. The number of nitro benzene ring substituents is 1. The zero-order valence-corrected chi connectivity index (χ0v) is 11.6. The Morgan fingerprint density at radius 2 is 2.11 bits per heavy atom. The second kappa shape index (κ2) is 5.91. The molecule has 1 saturated carbocycles. The summed E-state index contributed by atoms with van der Waals surface area (Å²) in [4.78, 5) is 12.9. The molecule has 0 amide bonds. The van der Waals surface area contributed by atoms with Crippen molar-refractivity contribution in [2.75, 3.05) is 29.9 Å². The molecule has 1 aliphatic rings. The predicted molar refractivity (Wildman–Crippen MR) is 77.9 cm³/mol. The highest BCUT2D eigenvalue weighted by Crippen LogP contribution is 2.33. The van der Waals surface area contributed by atoms with Gasteiger partial charge in [0.15, 0.2) is 0 Å². The molecule has 0 aromatic heterocycles. The minimum atomic E-state index is -0.324. The van der Waals surface area contributed by atoms with Crippen LogP contribution in [0.2, 0.25) is 0 Å². The van der Waals surface area contributed by atoms with E-state index < -0.39 is 0 Å². The fourth-order valence-corrected chi connectivity index (χ4v) is 2.22. The van der Waals surface area contributed by atoms with Crippen molar-refractivity contribution in [2.45, 2.75) is 26.7 Å². The lowest BCUT2D eigenvalue weighted by molar-refractivity contribution is -0.384. The van der Waals surface area contributed by atoms with E-state index in [0.29, 0.717) is 0 Å². The number of anilines is 2. The SMILES string of the molecule is CCNc1cc(N(CC)CC2CC2)cc([N+](=O)[O-])c1. The van der Waals surface area contributed by atoms with E-state index in [1.54, 1.807) is 12.1 Å². The van der Waals surface area contributed by atoms with Gasteiger partial charge in [-0.05, 0) is 38.7 Å². The quantitative estimate of drug-likeness (QED) is 0.606. The van der Waals surface area contributed by atoms with Crippen LogP contribution in [-0.2, 0) is 0 Å². The van der Waals surface area contributed by atoms with Crippen LogP contribution in [0.4, 0.5) is 17.1 Å². The highest BCUT2D eigenvalue weighted by molar-refractivity contribution is 5.64. The molecule has 1 aromatic carbocycles. The zero-order chi connectivity index (χ0) is 13.8. The summed E-state index contributed by atoms with van der Waals surface area (Å²) in [6.07, 6.45) is 2.57. The van der Waals surface area contributed by atoms with Crippen molar-refractivity contribution in [3.05, 3.63) is 28.3 Å². The summed E-state index contributed by atoms with van der Waals surface area (Å²) in [5.74, 6) is 0.766. The Morgan fingerprint density at radius 3 is 2.63 bits per heavy atom. The van der Waals surface area contributed by atoms with Crippen LogP contribution in [0, 0.1) is 16.0 Å². The number of nitrogens with zero attached hydrogens (tertiary/aromatic N) is 2. The molecule has 0 spiro atoms. The van der Waals surface area contributed by atoms with E-state index in [1.165, 1.54) is 12.8 Å². The number of benzene rings is 1. The Bertz CT molecular complexity index is 458. The molecule has 1 N–H and O–H groups in total. The van der Waals surface area contributed by atoms with Crippen LogP contribution < -0.4 is 10.2 Å². The third-order valence-corrected chi connectivity index (χ3v) is 3.42. The van der Waals surface area contributed by atoms with E-state index in [1.807, 2.05) is 13.0 Å². The van der Waals surface area contributed by atoms with Gasteiger partial charge in [0.1, 0.15) is 0 Å². The predicted octanol–water partition coefficient (Wildman–Crippen LogP) is 3.26. The number of nitrogens with one attached hydrogen (secondary N) is 1. The lowest BCUT2D eigenvalue weighted by Crippen LogP contribution is -2.25. The van der Waals surface area contributed by atoms with Crippen molar-refractivity contribution in [3.8, 4) is 0 Å². The van der Waals surface area contributed by atoms with Gasteiger partial charge in [0.25, 0.3) is 5.69 Å². The van der Waals surface area contributed by atoms with Crippen LogP contribution in [0.1, 0.15) is 26.7 Å². The summed E-state index contributed by atoms with van der Waals surface area (Å²) in [5, 5.41) is 14.2. The monoisotopic (exact) mass is 263 g/mol. The molecule has 104 valence electrons. The molecule has 5 heteroatoms. The average molecular weight is 263 g/mol. The number of hydrogen-bond acceptors (Lipinski definition) is 4. The summed E-state index contributed by atoms with van der Waals surface area (Å²) in [6, 6.07) is 5.27. The van der Waals surface area contributed by atoms with E-state index in [0.717, 1.165) is 36.9 Å². The number of hydrogen-bond donors (Lipinski definition) is 1. The van der Waals surface area contributed by atoms with Gasteiger partial charge < -0.3 is 10.2 Å². The first-order chi connectivity index (χ1) is 9.13. The maximum atomic E-state index is 11.0. The first kappa shape index (κ1) is 13.6. The maximum Gasteiger partial charge on any atom is 0.273 e. The van der Waals surface area contributed by atoms with E-state index in [9.17, 15) is 10.1 Å². The van der Waals surface area contributed by atoms with Gasteiger partial charge >= 0.3 is 0 Å². The summed E-state index contributed by atoms with van der Waals surface area (Å²) in [7, 11) is 0. The van der Waals surface area contributed by atoms with Crippen LogP contribution in [0.15, 0.2) is 18.2 Å². The molecule has 0 saturated heterocycles. The van der Waals surface area contributed by atoms with Crippen LogP contribution in [0.3, 0.4) is 0 Å². The first-order valence-electron chi connectivity index (χ1n) is 6.92. The molecule has 5 nitrogen and oxygen atoms in total. The number of non-ortho nitro benzene ring substituents is 1. The zero-order valence-electron chi connectivity index (χ0n) is 11.6. The topological polar surface area (TPSA) is 58.4 Å². The van der Waals surface area contributed by atoms with Crippen molar-refractivity contribution < 1.29 is 4.92 Å². The standard InChI is InChI=1S/C14H21N3O2/c1-3-15-12-7-13(9-14(8-12)17(18)19)16(4-2)10-11-5-6-11/h7-9,11,15H,3-6,10H2,1-2H3. The van der Waals surface area contributed by atoms with Crippen molar-refractivity contribution in [2.24, 2.45) is 5.92 Å². The second-order valence-corrected chi connectivity index (χ2v) is 5.01. The molecule has 2 rings (SSSR count). The van der Waals surface area contributed by atoms with Crippen molar-refractivity contribution in [3.63, 3.8) is 0 Å². The molecule has 0 radical (unpaired) electrons. The maximum absolute atomic E-state index is 11.0. The minimum Gasteiger partial charge on any atom is -0.385 e. The van der Waals surface area contributed by atoms with E-state index >= 15 is 0 Å². The third kappa shape index (κ3) is 3.59.